The van der Waals surface area contributed by atoms with Crippen LogP contribution in [0.4, 0.5) is 0 Å². The quantitative estimate of drug-likeness (QED) is 0.414. The van der Waals surface area contributed by atoms with Crippen LogP contribution in [-0.4, -0.2) is 48.8 Å². The Balaban J connectivity index is 0. The average molecular weight is 138 g/mol. The van der Waals surface area contributed by atoms with Crippen molar-refractivity contribution in [2.24, 2.45) is 0 Å². The Hall–Kier alpha value is -0.200. The molecule has 0 fully saturated rings. The molecule has 5 nitrogen and oxygen atoms in total. The van der Waals surface area contributed by atoms with Crippen LogP contribution in [0, 0.1) is 0 Å². The summed E-state index contributed by atoms with van der Waals surface area (Å²) in [6, 6.07) is 0. The van der Waals surface area contributed by atoms with E-state index in [2.05, 4.69) is 0 Å². The monoisotopic (exact) mass is 138 g/mol. The highest BCUT2D eigenvalue weighted by Crippen LogP contribution is 1.78. The summed E-state index contributed by atoms with van der Waals surface area (Å²) in [5.74, 6) is 0. The molecule has 0 aliphatic rings. The van der Waals surface area contributed by atoms with Crippen LogP contribution in [0.3, 0.4) is 0 Å². The molecule has 5 heteroatoms. The van der Waals surface area contributed by atoms with Crippen LogP contribution in [0.1, 0.15) is 0 Å². The summed E-state index contributed by atoms with van der Waals surface area (Å²) in [6.07, 6.45) is 0. The van der Waals surface area contributed by atoms with Crippen LogP contribution in [0.15, 0.2) is 0 Å². The van der Waals surface area contributed by atoms with Gasteiger partial charge in [-0.15, -0.1) is 0 Å². The Morgan fingerprint density at radius 2 is 1.11 bits per heavy atom. The molecule has 0 amide bonds. The molecule has 0 spiro atoms. The Bertz CT molecular complexity index is 43.1. The van der Waals surface area contributed by atoms with E-state index in [1.807, 2.05) is 28.2 Å². The molecule has 0 radical (unpaired) electrons. The molecule has 0 unspecified atom stereocenters. The number of hydrogen-bond acceptors (Lipinski definition) is 5. The van der Waals surface area contributed by atoms with Gasteiger partial charge in [-0.2, -0.15) is 10.1 Å². The normalized spacial score (nSPS) is 9.33. The van der Waals surface area contributed by atoms with Crippen LogP contribution in [-0.2, 0) is 4.94 Å². The van der Waals surface area contributed by atoms with Crippen molar-refractivity contribution in [3.8, 4) is 0 Å². The van der Waals surface area contributed by atoms with Gasteiger partial charge in [0.05, 0.1) is 0 Å². The molecule has 0 atom stereocenters. The van der Waals surface area contributed by atoms with Crippen LogP contribution in [0.2, 0.25) is 0 Å². The maximum Gasteiger partial charge on any atom is 0.0142 e. The van der Waals surface area contributed by atoms with Gasteiger partial charge in [0.25, 0.3) is 0 Å². The molecule has 0 aliphatic carbocycles. The Labute approximate surface area is 54.9 Å². The summed E-state index contributed by atoms with van der Waals surface area (Å²) in [5.41, 5.74) is 0. The standard InChI is InChI=1S/C4H12N2O.H2O2/c1-5(2)7-6(3)4;1-2/h1-4H3;1-2H. The zero-order chi connectivity index (χ0) is 7.86. The molecule has 0 aromatic rings. The SMILES string of the molecule is CN(C)ON(C)C.OO. The van der Waals surface area contributed by atoms with Crippen LogP contribution in [0.25, 0.3) is 0 Å². The third-order valence-electron chi connectivity index (χ3n) is 0.327. The minimum atomic E-state index is 1.62. The van der Waals surface area contributed by atoms with Gasteiger partial charge >= 0.3 is 0 Å². The molecule has 0 aromatic heterocycles. The van der Waals surface area contributed by atoms with E-state index in [9.17, 15) is 0 Å². The number of nitrogens with zero attached hydrogens (tertiary/aromatic N) is 2. The van der Waals surface area contributed by atoms with Crippen molar-refractivity contribution in [3.63, 3.8) is 0 Å². The van der Waals surface area contributed by atoms with Crippen LogP contribution >= 0.6 is 0 Å². The minimum Gasteiger partial charge on any atom is -0.255 e. The molecule has 0 rings (SSSR count). The summed E-state index contributed by atoms with van der Waals surface area (Å²) < 4.78 is 0. The number of hydrogen-bond donors (Lipinski definition) is 2. The van der Waals surface area contributed by atoms with Gasteiger partial charge in [-0.1, -0.05) is 0 Å². The Morgan fingerprint density at radius 1 is 0.889 bits per heavy atom. The van der Waals surface area contributed by atoms with Crippen molar-refractivity contribution in [2.45, 2.75) is 0 Å². The first-order chi connectivity index (χ1) is 4.13. The molecule has 0 heterocycles. The first-order valence-electron chi connectivity index (χ1n) is 2.35. The number of rotatable bonds is 2. The van der Waals surface area contributed by atoms with Gasteiger partial charge in [0.15, 0.2) is 0 Å². The Morgan fingerprint density at radius 3 is 1.11 bits per heavy atom. The summed E-state index contributed by atoms with van der Waals surface area (Å²) in [5, 5.41) is 15.2. The fourth-order valence-electron chi connectivity index (χ4n) is 0.327. The fraction of sp³-hybridized carbons (Fsp3) is 1.00. The largest absolute Gasteiger partial charge is 0.255 e. The predicted molar refractivity (Wildman–Crippen MR) is 33.7 cm³/mol. The molecule has 0 saturated heterocycles. The molecule has 0 bridgehead atoms. The van der Waals surface area contributed by atoms with Crippen molar-refractivity contribution in [1.29, 1.82) is 0 Å². The van der Waals surface area contributed by atoms with Crippen molar-refractivity contribution >= 4 is 0 Å². The predicted octanol–water partition coefficient (Wildman–Crippen LogP) is -0.0264. The lowest BCUT2D eigenvalue weighted by atomic mass is 11.2. The summed E-state index contributed by atoms with van der Waals surface area (Å²) in [4.78, 5) is 4.92. The van der Waals surface area contributed by atoms with Gasteiger partial charge < -0.3 is 0 Å². The van der Waals surface area contributed by atoms with Gasteiger partial charge in [-0.25, -0.2) is 4.94 Å². The first kappa shape index (κ1) is 11.6. The van der Waals surface area contributed by atoms with Gasteiger partial charge in [-0.05, 0) is 0 Å². The molecule has 9 heavy (non-hydrogen) atoms. The smallest absolute Gasteiger partial charge is 0.0142 e. The van der Waals surface area contributed by atoms with E-state index in [4.69, 9.17) is 15.5 Å². The van der Waals surface area contributed by atoms with E-state index in [-0.39, 0.29) is 0 Å². The van der Waals surface area contributed by atoms with Gasteiger partial charge in [-0.3, -0.25) is 10.5 Å². The lowest BCUT2D eigenvalue weighted by Gasteiger charge is -2.14. The minimum absolute atomic E-state index is 1.62. The van der Waals surface area contributed by atoms with Crippen LogP contribution < -0.4 is 0 Å². The fourth-order valence-corrected chi connectivity index (χ4v) is 0.327. The second kappa shape index (κ2) is 7.80. The zero-order valence-electron chi connectivity index (χ0n) is 6.20. The van der Waals surface area contributed by atoms with E-state index in [1.165, 1.54) is 0 Å². The highest BCUT2D eigenvalue weighted by atomic mass is 17.0. The topological polar surface area (TPSA) is 56.2 Å². The van der Waals surface area contributed by atoms with Crippen molar-refractivity contribution in [2.75, 3.05) is 28.2 Å². The first-order valence-corrected chi connectivity index (χ1v) is 2.35. The molecular weight excluding hydrogens is 124 g/mol. The molecule has 0 aromatic carbocycles. The van der Waals surface area contributed by atoms with Gasteiger partial charge in [0.1, 0.15) is 0 Å². The number of hydroxylamine groups is 4. The van der Waals surface area contributed by atoms with E-state index in [0.29, 0.717) is 0 Å². The second-order valence-corrected chi connectivity index (χ2v) is 1.71. The molecule has 58 valence electrons. The van der Waals surface area contributed by atoms with Crippen molar-refractivity contribution in [1.82, 2.24) is 10.1 Å². The van der Waals surface area contributed by atoms with Gasteiger partial charge in [0, 0.05) is 28.2 Å². The zero-order valence-corrected chi connectivity index (χ0v) is 6.20. The lowest BCUT2D eigenvalue weighted by Crippen LogP contribution is -2.23. The highest BCUT2D eigenvalue weighted by Gasteiger charge is 1.87. The third-order valence-corrected chi connectivity index (χ3v) is 0.327. The highest BCUT2D eigenvalue weighted by molar-refractivity contribution is 4.06. The average Bonchev–Trinajstić information content (AvgIpc) is 1.68. The Kier molecular flexibility index (Phi) is 10.0. The summed E-state index contributed by atoms with van der Waals surface area (Å²) in [6.45, 7) is 0. The maximum atomic E-state index is 6.00. The second-order valence-electron chi connectivity index (χ2n) is 1.71. The van der Waals surface area contributed by atoms with E-state index < -0.39 is 0 Å². The van der Waals surface area contributed by atoms with Crippen molar-refractivity contribution in [3.05, 3.63) is 0 Å². The molecule has 2 N–H and O–H groups in total. The maximum absolute atomic E-state index is 6.00. The third kappa shape index (κ3) is 18.2. The summed E-state index contributed by atoms with van der Waals surface area (Å²) in [7, 11) is 7.33. The molecular formula is C4H14N2O3. The van der Waals surface area contributed by atoms with Crippen molar-refractivity contribution < 1.29 is 15.5 Å². The van der Waals surface area contributed by atoms with E-state index >= 15 is 0 Å². The molecule has 0 aliphatic heterocycles. The summed E-state index contributed by atoms with van der Waals surface area (Å²) >= 11 is 0. The lowest BCUT2D eigenvalue weighted by molar-refractivity contribution is -0.281. The van der Waals surface area contributed by atoms with Crippen LogP contribution in [0.5, 0.6) is 0 Å². The van der Waals surface area contributed by atoms with Gasteiger partial charge in [0.2, 0.25) is 0 Å². The van der Waals surface area contributed by atoms with E-state index in [0.717, 1.165) is 0 Å². The molecule has 0 saturated carbocycles. The van der Waals surface area contributed by atoms with E-state index in [1.54, 1.807) is 10.1 Å².